The molecule has 2 radical (unpaired) electrons. The summed E-state index contributed by atoms with van der Waals surface area (Å²) in [5.41, 5.74) is 0.495. The van der Waals surface area contributed by atoms with E-state index in [-0.39, 0.29) is 23.8 Å². The van der Waals surface area contributed by atoms with E-state index in [1.54, 1.807) is 24.3 Å². The van der Waals surface area contributed by atoms with Crippen LogP contribution in [0.2, 0.25) is 0 Å². The van der Waals surface area contributed by atoms with Crippen LogP contribution >= 0.6 is 0 Å². The quantitative estimate of drug-likeness (QED) is 0.410. The van der Waals surface area contributed by atoms with Crippen LogP contribution in [0.5, 0.6) is 11.5 Å². The largest absolute Gasteiger partial charge is 0.497 e. The number of unbranched alkanes of at least 4 members (excludes halogenated alkanes) is 1. The maximum absolute atomic E-state index is 12.1. The molecule has 0 fully saturated rings. The van der Waals surface area contributed by atoms with Crippen molar-refractivity contribution in [3.05, 3.63) is 72.9 Å². The maximum Gasteiger partial charge on any atom is 0.373 e. The molecule has 0 saturated heterocycles. The van der Waals surface area contributed by atoms with Gasteiger partial charge in [-0.25, -0.2) is 9.59 Å². The van der Waals surface area contributed by atoms with Gasteiger partial charge in [-0.1, -0.05) is 13.3 Å². The lowest BCUT2D eigenvalue weighted by Crippen LogP contribution is -2.16. The number of carbonyl (C=O) groups excluding carboxylic acids is 2. The third-order valence-electron chi connectivity index (χ3n) is 3.70. The molecule has 0 atom stereocenters. The Bertz CT molecular complexity index is 707. The first-order chi connectivity index (χ1) is 14.1. The third-order valence-corrected chi connectivity index (χ3v) is 3.70. The Hall–Kier alpha value is -3.10. The molecule has 0 aliphatic carbocycles. The Labute approximate surface area is 169 Å². The number of hydrogen-bond donors (Lipinski definition) is 0. The highest BCUT2D eigenvalue weighted by atomic mass is 17.3. The second kappa shape index (κ2) is 11.7. The monoisotopic (exact) mass is 402 g/mol. The van der Waals surface area contributed by atoms with Crippen LogP contribution in [0.3, 0.4) is 0 Å². The summed E-state index contributed by atoms with van der Waals surface area (Å²) in [7, 11) is 3.04. The number of benzene rings is 2. The molecule has 0 spiro atoms. The second-order valence-electron chi connectivity index (χ2n) is 5.69. The molecule has 29 heavy (non-hydrogen) atoms. The van der Waals surface area contributed by atoms with Crippen molar-refractivity contribution in [1.29, 1.82) is 0 Å². The summed E-state index contributed by atoms with van der Waals surface area (Å²) in [5, 5.41) is 0. The van der Waals surface area contributed by atoms with E-state index in [1.165, 1.54) is 38.5 Å². The maximum atomic E-state index is 12.1. The summed E-state index contributed by atoms with van der Waals surface area (Å²) in [6.45, 7) is 3.71. The van der Waals surface area contributed by atoms with Gasteiger partial charge in [0.2, 0.25) is 0 Å². The highest BCUT2D eigenvalue weighted by Crippen LogP contribution is 2.19. The molecule has 2 rings (SSSR count). The minimum atomic E-state index is -0.746. The van der Waals surface area contributed by atoms with Gasteiger partial charge in [0.1, 0.15) is 11.5 Å². The number of carbonyl (C=O) groups is 2. The normalized spacial score (nSPS) is 10.5. The van der Waals surface area contributed by atoms with E-state index in [2.05, 4.69) is 6.92 Å². The van der Waals surface area contributed by atoms with E-state index in [0.717, 1.165) is 0 Å². The summed E-state index contributed by atoms with van der Waals surface area (Å²) in [6, 6.07) is 12.5. The van der Waals surface area contributed by atoms with Crippen molar-refractivity contribution in [1.82, 2.24) is 0 Å². The molecule has 0 aliphatic rings. The Balaban J connectivity index is 1.88. The summed E-state index contributed by atoms with van der Waals surface area (Å²) < 4.78 is 10.1. The summed E-state index contributed by atoms with van der Waals surface area (Å²) in [6.07, 6.45) is 1.18. The molecule has 0 bridgehead atoms. The predicted molar refractivity (Wildman–Crippen MR) is 101 cm³/mol. The van der Waals surface area contributed by atoms with Gasteiger partial charge in [-0.3, -0.25) is 9.78 Å². The van der Waals surface area contributed by atoms with Crippen LogP contribution in [-0.2, 0) is 19.6 Å². The van der Waals surface area contributed by atoms with Crippen LogP contribution in [0, 0.1) is 13.2 Å². The first-order valence-electron chi connectivity index (χ1n) is 8.78. The van der Waals surface area contributed by atoms with Gasteiger partial charge in [0.05, 0.1) is 25.3 Å². The van der Waals surface area contributed by atoms with Crippen molar-refractivity contribution in [2.24, 2.45) is 0 Å². The summed E-state index contributed by atoms with van der Waals surface area (Å²) in [4.78, 5) is 43.5. The molecule has 154 valence electrons. The van der Waals surface area contributed by atoms with Crippen molar-refractivity contribution in [3.8, 4) is 11.5 Å². The molecule has 0 aliphatic heterocycles. The van der Waals surface area contributed by atoms with E-state index in [0.29, 0.717) is 24.3 Å². The molecule has 0 N–H and O–H groups in total. The van der Waals surface area contributed by atoms with Crippen LogP contribution in [0.15, 0.2) is 48.5 Å². The van der Waals surface area contributed by atoms with Gasteiger partial charge in [0.25, 0.3) is 0 Å². The lowest BCUT2D eigenvalue weighted by molar-refractivity contribution is -0.363. The summed E-state index contributed by atoms with van der Waals surface area (Å²) >= 11 is 0. The van der Waals surface area contributed by atoms with E-state index in [9.17, 15) is 9.59 Å². The predicted octanol–water partition coefficient (Wildman–Crippen LogP) is 4.07. The van der Waals surface area contributed by atoms with Gasteiger partial charge in [0.15, 0.2) is 0 Å². The number of methoxy groups -OCH3 is 2. The molecular weight excluding hydrogens is 380 g/mol. The molecule has 0 heterocycles. The fourth-order valence-electron chi connectivity index (χ4n) is 2.09. The van der Waals surface area contributed by atoms with Crippen molar-refractivity contribution in [2.75, 3.05) is 14.2 Å². The average molecular weight is 402 g/mol. The molecule has 0 unspecified atom stereocenters. The molecule has 2 aromatic rings. The SMILES string of the molecule is [CH2]CCC[C](OOC(=O)c1ccc(OC)cc1)OOC(=O)c1ccc(OC)cc1. The summed E-state index contributed by atoms with van der Waals surface area (Å²) in [5.74, 6) is -0.299. The Morgan fingerprint density at radius 3 is 1.48 bits per heavy atom. The van der Waals surface area contributed by atoms with Gasteiger partial charge in [-0.2, -0.15) is 0 Å². The smallest absolute Gasteiger partial charge is 0.373 e. The molecule has 0 saturated carbocycles. The lowest BCUT2D eigenvalue weighted by Gasteiger charge is -2.13. The molecular formula is C21H22O8. The average Bonchev–Trinajstić information content (AvgIpc) is 2.78. The van der Waals surface area contributed by atoms with E-state index < -0.39 is 11.9 Å². The van der Waals surface area contributed by atoms with Crippen molar-refractivity contribution >= 4 is 11.9 Å². The lowest BCUT2D eigenvalue weighted by atomic mass is 10.2. The first-order valence-corrected chi connectivity index (χ1v) is 8.78. The van der Waals surface area contributed by atoms with E-state index in [4.69, 9.17) is 29.0 Å². The molecule has 0 aromatic heterocycles. The zero-order valence-electron chi connectivity index (χ0n) is 16.2. The molecule has 8 nitrogen and oxygen atoms in total. The fraction of sp³-hybridized carbons (Fsp3) is 0.238. The first kappa shape index (κ1) is 22.2. The van der Waals surface area contributed by atoms with Crippen LogP contribution < -0.4 is 9.47 Å². The number of hydrogen-bond acceptors (Lipinski definition) is 8. The van der Waals surface area contributed by atoms with Crippen LogP contribution in [0.1, 0.15) is 40.0 Å². The van der Waals surface area contributed by atoms with Gasteiger partial charge in [-0.15, -0.1) is 9.78 Å². The number of rotatable bonds is 11. The highest BCUT2D eigenvalue weighted by Gasteiger charge is 2.21. The minimum Gasteiger partial charge on any atom is -0.497 e. The molecule has 2 aromatic carbocycles. The Morgan fingerprint density at radius 2 is 1.14 bits per heavy atom. The number of ether oxygens (including phenoxy) is 2. The van der Waals surface area contributed by atoms with Crippen LogP contribution in [0.25, 0.3) is 0 Å². The van der Waals surface area contributed by atoms with Crippen molar-refractivity contribution in [3.63, 3.8) is 0 Å². The second-order valence-corrected chi connectivity index (χ2v) is 5.69. The topological polar surface area (TPSA) is 89.5 Å². The Kier molecular flexibility index (Phi) is 8.94. The zero-order valence-corrected chi connectivity index (χ0v) is 16.2. The van der Waals surface area contributed by atoms with Gasteiger partial charge >= 0.3 is 18.2 Å². The third kappa shape index (κ3) is 7.10. The van der Waals surface area contributed by atoms with E-state index >= 15 is 0 Å². The van der Waals surface area contributed by atoms with Gasteiger partial charge < -0.3 is 9.47 Å². The fourth-order valence-corrected chi connectivity index (χ4v) is 2.09. The molecule has 0 amide bonds. The van der Waals surface area contributed by atoms with Gasteiger partial charge in [0, 0.05) is 6.42 Å². The molecule has 8 heteroatoms. The minimum absolute atomic E-state index is 0.183. The standard InChI is InChI=1S/C21H22O8/c1-4-5-6-19(26-28-20(22)15-7-11-17(24-2)12-8-15)27-29-21(23)16-9-13-18(25-3)14-10-16/h7-14H,1,4-6H2,2-3H3. The van der Waals surface area contributed by atoms with Gasteiger partial charge in [-0.05, 0) is 55.0 Å². The van der Waals surface area contributed by atoms with Crippen LogP contribution in [0.4, 0.5) is 0 Å². The van der Waals surface area contributed by atoms with Crippen LogP contribution in [-0.4, -0.2) is 26.2 Å². The van der Waals surface area contributed by atoms with E-state index in [1.807, 2.05) is 0 Å². The van der Waals surface area contributed by atoms with Crippen molar-refractivity contribution < 1.29 is 38.6 Å². The highest BCUT2D eigenvalue weighted by molar-refractivity contribution is 5.89. The Morgan fingerprint density at radius 1 is 0.724 bits per heavy atom. The zero-order chi connectivity index (χ0) is 21.1. The van der Waals surface area contributed by atoms with Crippen molar-refractivity contribution in [2.45, 2.75) is 19.3 Å².